The average Bonchev–Trinajstić information content (AvgIpc) is 2.73. The first-order chi connectivity index (χ1) is 9.53. The van der Waals surface area contributed by atoms with Gasteiger partial charge in [-0.2, -0.15) is 0 Å². The van der Waals surface area contributed by atoms with Gasteiger partial charge in [0.1, 0.15) is 5.54 Å². The third kappa shape index (κ3) is 5.06. The van der Waals surface area contributed by atoms with Gasteiger partial charge in [-0.25, -0.2) is 0 Å². The van der Waals surface area contributed by atoms with E-state index in [4.69, 9.17) is 4.74 Å². The number of likely N-dealkylation sites (N-methyl/N-ethyl adjacent to an activating group) is 1. The fourth-order valence-electron chi connectivity index (χ4n) is 2.90. The molecule has 0 aromatic rings. The Morgan fingerprint density at radius 2 is 1.90 bits per heavy atom. The minimum absolute atomic E-state index is 0.142. The van der Waals surface area contributed by atoms with E-state index in [9.17, 15) is 4.79 Å². The molecule has 0 aromatic heterocycles. The zero-order chi connectivity index (χ0) is 15.0. The first-order valence-electron chi connectivity index (χ1n) is 8.10. The molecule has 0 amide bonds. The highest BCUT2D eigenvalue weighted by atomic mass is 16.5. The van der Waals surface area contributed by atoms with Crippen molar-refractivity contribution in [2.24, 2.45) is 0 Å². The molecule has 1 fully saturated rings. The number of nitrogens with zero attached hydrogens (tertiary/aromatic N) is 1. The number of hydrogen-bond donors (Lipinski definition) is 1. The van der Waals surface area contributed by atoms with Gasteiger partial charge in [-0.1, -0.05) is 25.7 Å². The highest BCUT2D eigenvalue weighted by Gasteiger charge is 2.33. The van der Waals surface area contributed by atoms with Crippen molar-refractivity contribution in [3.8, 4) is 0 Å². The SMILES string of the molecule is CCOC(=O)C(C)(CCN(C)C1CCCCCC1)NC. The second-order valence-corrected chi connectivity index (χ2v) is 6.18. The Morgan fingerprint density at radius 1 is 1.30 bits per heavy atom. The summed E-state index contributed by atoms with van der Waals surface area (Å²) >= 11 is 0. The second-order valence-electron chi connectivity index (χ2n) is 6.18. The molecule has 1 aliphatic carbocycles. The zero-order valence-corrected chi connectivity index (χ0v) is 13.7. The van der Waals surface area contributed by atoms with E-state index < -0.39 is 5.54 Å². The van der Waals surface area contributed by atoms with Gasteiger partial charge in [0, 0.05) is 12.6 Å². The van der Waals surface area contributed by atoms with Gasteiger partial charge >= 0.3 is 5.97 Å². The molecule has 0 saturated heterocycles. The van der Waals surface area contributed by atoms with Crippen molar-refractivity contribution in [2.45, 2.75) is 70.4 Å². The summed E-state index contributed by atoms with van der Waals surface area (Å²) in [6, 6.07) is 0.681. The second kappa shape index (κ2) is 8.63. The van der Waals surface area contributed by atoms with Crippen LogP contribution >= 0.6 is 0 Å². The summed E-state index contributed by atoms with van der Waals surface area (Å²) in [4.78, 5) is 14.5. The Balaban J connectivity index is 2.47. The van der Waals surface area contributed by atoms with Gasteiger partial charge in [0.15, 0.2) is 0 Å². The molecule has 118 valence electrons. The van der Waals surface area contributed by atoms with Crippen LogP contribution in [0.4, 0.5) is 0 Å². The normalized spacial score (nSPS) is 20.4. The molecule has 1 unspecified atom stereocenters. The number of rotatable bonds is 7. The van der Waals surface area contributed by atoms with Gasteiger partial charge in [-0.05, 0) is 47.2 Å². The maximum absolute atomic E-state index is 12.0. The number of hydrogen-bond acceptors (Lipinski definition) is 4. The molecule has 0 heterocycles. The zero-order valence-electron chi connectivity index (χ0n) is 13.7. The maximum Gasteiger partial charge on any atom is 0.326 e. The van der Waals surface area contributed by atoms with Crippen molar-refractivity contribution in [1.29, 1.82) is 0 Å². The molecular formula is C16H32N2O2. The average molecular weight is 284 g/mol. The van der Waals surface area contributed by atoms with E-state index in [1.165, 1.54) is 38.5 Å². The van der Waals surface area contributed by atoms with E-state index in [0.29, 0.717) is 12.6 Å². The van der Waals surface area contributed by atoms with Crippen LogP contribution in [-0.2, 0) is 9.53 Å². The molecule has 0 bridgehead atoms. The molecule has 4 nitrogen and oxygen atoms in total. The number of ether oxygens (including phenoxy) is 1. The van der Waals surface area contributed by atoms with Crippen LogP contribution < -0.4 is 5.32 Å². The molecule has 4 heteroatoms. The summed E-state index contributed by atoms with van der Waals surface area (Å²) in [6.45, 7) is 5.16. The lowest BCUT2D eigenvalue weighted by Crippen LogP contribution is -2.51. The molecule has 0 spiro atoms. The van der Waals surface area contributed by atoms with Crippen molar-refractivity contribution in [1.82, 2.24) is 10.2 Å². The lowest BCUT2D eigenvalue weighted by Gasteiger charge is -2.32. The Labute approximate surface area is 124 Å². The molecular weight excluding hydrogens is 252 g/mol. The number of carbonyl (C=O) groups is 1. The Kier molecular flexibility index (Phi) is 7.52. The van der Waals surface area contributed by atoms with E-state index >= 15 is 0 Å². The Morgan fingerprint density at radius 3 is 2.40 bits per heavy atom. The van der Waals surface area contributed by atoms with Gasteiger partial charge in [0.2, 0.25) is 0 Å². The predicted molar refractivity (Wildman–Crippen MR) is 82.8 cm³/mol. The molecule has 0 radical (unpaired) electrons. The van der Waals surface area contributed by atoms with E-state index in [1.807, 2.05) is 20.9 Å². The van der Waals surface area contributed by atoms with Crippen LogP contribution in [0.3, 0.4) is 0 Å². The largest absolute Gasteiger partial charge is 0.465 e. The molecule has 1 atom stereocenters. The van der Waals surface area contributed by atoms with Gasteiger partial charge < -0.3 is 15.0 Å². The van der Waals surface area contributed by atoms with E-state index in [2.05, 4.69) is 17.3 Å². The van der Waals surface area contributed by atoms with Gasteiger partial charge in [0.05, 0.1) is 6.61 Å². The molecule has 0 aromatic carbocycles. The van der Waals surface area contributed by atoms with Crippen molar-refractivity contribution >= 4 is 5.97 Å². The van der Waals surface area contributed by atoms with E-state index in [0.717, 1.165) is 13.0 Å². The van der Waals surface area contributed by atoms with Gasteiger partial charge in [0.25, 0.3) is 0 Å². The van der Waals surface area contributed by atoms with Crippen LogP contribution in [0.15, 0.2) is 0 Å². The predicted octanol–water partition coefficient (Wildman–Crippen LogP) is 2.57. The van der Waals surface area contributed by atoms with Crippen LogP contribution in [0.25, 0.3) is 0 Å². The van der Waals surface area contributed by atoms with Crippen LogP contribution in [0, 0.1) is 0 Å². The fraction of sp³-hybridized carbons (Fsp3) is 0.938. The summed E-state index contributed by atoms with van der Waals surface area (Å²) in [5, 5.41) is 3.13. The Hall–Kier alpha value is -0.610. The lowest BCUT2D eigenvalue weighted by molar-refractivity contribution is -0.150. The molecule has 1 aliphatic rings. The first kappa shape index (κ1) is 17.4. The van der Waals surface area contributed by atoms with Crippen molar-refractivity contribution in [3.05, 3.63) is 0 Å². The monoisotopic (exact) mass is 284 g/mol. The smallest absolute Gasteiger partial charge is 0.326 e. The highest BCUT2D eigenvalue weighted by molar-refractivity contribution is 5.80. The minimum Gasteiger partial charge on any atom is -0.465 e. The lowest BCUT2D eigenvalue weighted by atomic mass is 9.97. The van der Waals surface area contributed by atoms with Crippen LogP contribution in [0.2, 0.25) is 0 Å². The topological polar surface area (TPSA) is 41.6 Å². The third-order valence-corrected chi connectivity index (χ3v) is 4.69. The summed E-state index contributed by atoms with van der Waals surface area (Å²) in [7, 11) is 4.03. The molecule has 1 N–H and O–H groups in total. The number of carbonyl (C=O) groups excluding carboxylic acids is 1. The molecule has 1 rings (SSSR count). The number of nitrogens with one attached hydrogen (secondary N) is 1. The van der Waals surface area contributed by atoms with Gasteiger partial charge in [-0.15, -0.1) is 0 Å². The van der Waals surface area contributed by atoms with Crippen molar-refractivity contribution < 1.29 is 9.53 Å². The molecule has 20 heavy (non-hydrogen) atoms. The van der Waals surface area contributed by atoms with E-state index in [-0.39, 0.29) is 5.97 Å². The summed E-state index contributed by atoms with van der Waals surface area (Å²) in [6.07, 6.45) is 8.82. The minimum atomic E-state index is -0.574. The molecule has 0 aliphatic heterocycles. The van der Waals surface area contributed by atoms with Crippen LogP contribution in [-0.4, -0.2) is 49.7 Å². The standard InChI is InChI=1S/C16H32N2O2/c1-5-20-15(19)16(2,17-3)12-13-18(4)14-10-8-6-7-9-11-14/h14,17H,5-13H2,1-4H3. The Bertz CT molecular complexity index is 288. The fourth-order valence-corrected chi connectivity index (χ4v) is 2.90. The first-order valence-corrected chi connectivity index (χ1v) is 8.10. The molecule has 1 saturated carbocycles. The highest BCUT2D eigenvalue weighted by Crippen LogP contribution is 2.22. The quantitative estimate of drug-likeness (QED) is 0.576. The van der Waals surface area contributed by atoms with E-state index in [1.54, 1.807) is 0 Å². The summed E-state index contributed by atoms with van der Waals surface area (Å²) in [5.41, 5.74) is -0.574. The maximum atomic E-state index is 12.0. The summed E-state index contributed by atoms with van der Waals surface area (Å²) in [5.74, 6) is -0.142. The van der Waals surface area contributed by atoms with Crippen LogP contribution in [0.1, 0.15) is 58.8 Å². The van der Waals surface area contributed by atoms with Gasteiger partial charge in [-0.3, -0.25) is 4.79 Å². The van der Waals surface area contributed by atoms with Crippen molar-refractivity contribution in [2.75, 3.05) is 27.2 Å². The summed E-state index contributed by atoms with van der Waals surface area (Å²) < 4.78 is 5.18. The van der Waals surface area contributed by atoms with Crippen LogP contribution in [0.5, 0.6) is 0 Å². The van der Waals surface area contributed by atoms with Crippen molar-refractivity contribution in [3.63, 3.8) is 0 Å². The number of esters is 1. The third-order valence-electron chi connectivity index (χ3n) is 4.69.